The largest absolute Gasteiger partial charge is 0.472 e. The van der Waals surface area contributed by atoms with Gasteiger partial charge in [-0.1, -0.05) is 186 Å². The molecule has 0 aromatic heterocycles. The van der Waals surface area contributed by atoms with Crippen LogP contribution in [0.2, 0.25) is 0 Å². The molecule has 60 heavy (non-hydrogen) atoms. The zero-order valence-electron chi connectivity index (χ0n) is 37.4. The zero-order valence-corrected chi connectivity index (χ0v) is 38.3. The number of aliphatic hydroxyl groups excluding tert-OH is 7. The summed E-state index contributed by atoms with van der Waals surface area (Å²) < 4.78 is 22.8. The van der Waals surface area contributed by atoms with E-state index >= 15 is 0 Å². The second kappa shape index (κ2) is 36.2. The Hall–Kier alpha value is -1.22. The lowest BCUT2D eigenvalue weighted by molar-refractivity contribution is -0.220. The minimum Gasteiger partial charge on any atom is -0.393 e. The van der Waals surface area contributed by atoms with Crippen LogP contribution in [0.5, 0.6) is 0 Å². The van der Waals surface area contributed by atoms with E-state index in [4.69, 9.17) is 9.05 Å². The number of hydrogen-bond acceptors (Lipinski definition) is 11. The van der Waals surface area contributed by atoms with Crippen LogP contribution in [0, 0.1) is 0 Å². The average Bonchev–Trinajstić information content (AvgIpc) is 3.22. The second-order valence-electron chi connectivity index (χ2n) is 17.1. The van der Waals surface area contributed by atoms with Gasteiger partial charge in [-0.3, -0.25) is 13.8 Å². The van der Waals surface area contributed by atoms with Gasteiger partial charge in [-0.15, -0.1) is 0 Å². The summed E-state index contributed by atoms with van der Waals surface area (Å²) in [6, 6.07) is -1.25. The molecule has 0 radical (unpaired) electrons. The highest BCUT2D eigenvalue weighted by Gasteiger charge is 2.51. The number of unbranched alkanes of at least 4 members (excludes halogenated alkanes) is 24. The topological polar surface area (TPSA) is 226 Å². The molecule has 1 aliphatic carbocycles. The minimum atomic E-state index is -5.14. The third-order valence-corrected chi connectivity index (χ3v) is 12.5. The molecule has 0 aromatic rings. The fourth-order valence-corrected chi connectivity index (χ4v) is 8.58. The van der Waals surface area contributed by atoms with Crippen LogP contribution in [0.15, 0.2) is 24.3 Å². The quantitative estimate of drug-likeness (QED) is 0.0163. The van der Waals surface area contributed by atoms with Gasteiger partial charge in [0.2, 0.25) is 5.91 Å². The highest BCUT2D eigenvalue weighted by molar-refractivity contribution is 7.47. The Morgan fingerprint density at radius 3 is 1.47 bits per heavy atom. The third-order valence-electron chi connectivity index (χ3n) is 11.5. The molecule has 1 fully saturated rings. The Morgan fingerprint density at radius 1 is 0.583 bits per heavy atom. The van der Waals surface area contributed by atoms with E-state index in [1.165, 1.54) is 128 Å². The molecule has 8 atom stereocenters. The van der Waals surface area contributed by atoms with Crippen molar-refractivity contribution in [3.8, 4) is 0 Å². The van der Waals surface area contributed by atoms with Crippen molar-refractivity contribution in [2.75, 3.05) is 6.61 Å². The number of nitrogens with one attached hydrogen (secondary N) is 1. The van der Waals surface area contributed by atoms with Gasteiger partial charge >= 0.3 is 7.82 Å². The molecule has 0 aromatic carbocycles. The number of carbonyl (C=O) groups excluding carboxylic acids is 1. The smallest absolute Gasteiger partial charge is 0.393 e. The summed E-state index contributed by atoms with van der Waals surface area (Å²) in [6.07, 6.45) is 25.5. The molecule has 354 valence electrons. The number of amides is 1. The van der Waals surface area contributed by atoms with Crippen LogP contribution in [0.25, 0.3) is 0 Å². The van der Waals surface area contributed by atoms with E-state index in [2.05, 4.69) is 31.3 Å². The summed E-state index contributed by atoms with van der Waals surface area (Å²) in [6.45, 7) is 3.72. The molecule has 0 spiro atoms. The second-order valence-corrected chi connectivity index (χ2v) is 18.5. The Bertz CT molecular complexity index is 1130. The Labute approximate surface area is 363 Å². The van der Waals surface area contributed by atoms with Crippen LogP contribution >= 0.6 is 7.82 Å². The first kappa shape index (κ1) is 56.8. The molecular formula is C46H88NO12P. The summed E-state index contributed by atoms with van der Waals surface area (Å²) in [5.41, 5.74) is 0. The first-order valence-electron chi connectivity index (χ1n) is 23.9. The summed E-state index contributed by atoms with van der Waals surface area (Å²) in [4.78, 5) is 23.4. The summed E-state index contributed by atoms with van der Waals surface area (Å²) in [5.74, 6) is -0.601. The maximum atomic E-state index is 13.0. The van der Waals surface area contributed by atoms with Gasteiger partial charge < -0.3 is 46.0 Å². The molecule has 0 saturated heterocycles. The molecule has 9 N–H and O–H groups in total. The summed E-state index contributed by atoms with van der Waals surface area (Å²) in [7, 11) is -5.14. The van der Waals surface area contributed by atoms with Crippen molar-refractivity contribution in [1.82, 2.24) is 5.32 Å². The molecular weight excluding hydrogens is 789 g/mol. The fraction of sp³-hybridized carbons (Fsp3) is 0.891. The minimum absolute atomic E-state index is 0.249. The highest BCUT2D eigenvalue weighted by Crippen LogP contribution is 2.47. The third kappa shape index (κ3) is 27.8. The first-order chi connectivity index (χ1) is 28.8. The molecule has 1 amide bonds. The number of phosphoric acid groups is 1. The maximum Gasteiger partial charge on any atom is 0.472 e. The number of allylic oxidation sites excluding steroid dienone is 3. The van der Waals surface area contributed by atoms with E-state index in [-0.39, 0.29) is 6.42 Å². The predicted molar refractivity (Wildman–Crippen MR) is 238 cm³/mol. The monoisotopic (exact) mass is 878 g/mol. The van der Waals surface area contributed by atoms with E-state index in [1.807, 2.05) is 0 Å². The predicted octanol–water partition coefficient (Wildman–Crippen LogP) is 7.98. The average molecular weight is 878 g/mol. The molecule has 14 heteroatoms. The van der Waals surface area contributed by atoms with Crippen LogP contribution in [0.4, 0.5) is 0 Å². The van der Waals surface area contributed by atoms with Gasteiger partial charge in [-0.2, -0.15) is 0 Å². The van der Waals surface area contributed by atoms with E-state index in [1.54, 1.807) is 6.08 Å². The fourth-order valence-electron chi connectivity index (χ4n) is 7.61. The van der Waals surface area contributed by atoms with Gasteiger partial charge in [-0.25, -0.2) is 4.57 Å². The van der Waals surface area contributed by atoms with Gasteiger partial charge in [0.15, 0.2) is 0 Å². The molecule has 0 aliphatic heterocycles. The SMILES string of the molecule is CCCCCCCCCC/C=C/CC/C=C/C(O)C(COP(=O)(O)OC1C(O)C(O)C(O)C(O)C1O)NC(=O)CC(O)CCCCCCCCCCCCCCCCCC. The maximum absolute atomic E-state index is 13.0. The van der Waals surface area contributed by atoms with Crippen LogP contribution < -0.4 is 5.32 Å². The normalized spacial score (nSPS) is 23.6. The van der Waals surface area contributed by atoms with Crippen LogP contribution in [-0.2, 0) is 18.4 Å². The molecule has 13 nitrogen and oxygen atoms in total. The lowest BCUT2D eigenvalue weighted by Gasteiger charge is -2.41. The standard InChI is InChI=1S/C46H88NO12P/c1-3-5-7-9-11-13-15-17-19-20-21-23-25-27-29-31-33-37(48)35-40(50)47-38(36-58-60(56,57)59-46-44(54)42(52)41(51)43(53)45(46)55)39(49)34-32-30-28-26-24-22-18-16-14-12-10-8-6-4-2/h24,26,32,34,37-39,41-46,48-49,51-55H,3-23,25,27-31,33,35-36H2,1-2H3,(H,47,50)(H,56,57)/b26-24+,34-32+. The van der Waals surface area contributed by atoms with Gasteiger partial charge in [0, 0.05) is 0 Å². The Kier molecular flexibility index (Phi) is 34.2. The molecule has 0 heterocycles. The van der Waals surface area contributed by atoms with Crippen LogP contribution in [-0.4, -0.2) is 108 Å². The summed E-state index contributed by atoms with van der Waals surface area (Å²) >= 11 is 0. The van der Waals surface area contributed by atoms with E-state index in [0.29, 0.717) is 12.8 Å². The van der Waals surface area contributed by atoms with Gasteiger partial charge in [0.25, 0.3) is 0 Å². The van der Waals surface area contributed by atoms with Gasteiger partial charge in [0.05, 0.1) is 31.3 Å². The Morgan fingerprint density at radius 2 is 0.983 bits per heavy atom. The highest BCUT2D eigenvalue weighted by atomic mass is 31.2. The molecule has 1 aliphatic rings. The van der Waals surface area contributed by atoms with E-state index < -0.39 is 75.2 Å². The number of hydrogen-bond donors (Lipinski definition) is 9. The molecule has 0 bridgehead atoms. The van der Waals surface area contributed by atoms with Crippen LogP contribution in [0.3, 0.4) is 0 Å². The van der Waals surface area contributed by atoms with Crippen molar-refractivity contribution in [3.05, 3.63) is 24.3 Å². The van der Waals surface area contributed by atoms with E-state index in [0.717, 1.165) is 44.9 Å². The van der Waals surface area contributed by atoms with Gasteiger partial charge in [-0.05, 0) is 32.1 Å². The summed E-state index contributed by atoms with van der Waals surface area (Å²) in [5, 5.41) is 74.4. The van der Waals surface area contributed by atoms with E-state index in [9.17, 15) is 50.0 Å². The lowest BCUT2D eigenvalue weighted by Crippen LogP contribution is -2.64. The van der Waals surface area contributed by atoms with Crippen molar-refractivity contribution >= 4 is 13.7 Å². The van der Waals surface area contributed by atoms with Crippen molar-refractivity contribution in [1.29, 1.82) is 0 Å². The lowest BCUT2D eigenvalue weighted by atomic mass is 9.85. The van der Waals surface area contributed by atoms with Crippen molar-refractivity contribution in [2.24, 2.45) is 0 Å². The molecule has 1 saturated carbocycles. The van der Waals surface area contributed by atoms with Crippen molar-refractivity contribution in [3.63, 3.8) is 0 Å². The van der Waals surface area contributed by atoms with Crippen LogP contribution in [0.1, 0.15) is 200 Å². The number of phosphoric ester groups is 1. The zero-order chi connectivity index (χ0) is 44.4. The number of carbonyl (C=O) groups is 1. The molecule has 1 rings (SSSR count). The number of aliphatic hydroxyl groups is 7. The number of rotatable bonds is 39. The Balaban J connectivity index is 2.55. The first-order valence-corrected chi connectivity index (χ1v) is 25.4. The van der Waals surface area contributed by atoms with Gasteiger partial charge in [0.1, 0.15) is 36.6 Å². The van der Waals surface area contributed by atoms with Crippen molar-refractivity contribution < 1.29 is 59.0 Å². The van der Waals surface area contributed by atoms with Crippen molar-refractivity contribution in [2.45, 2.75) is 255 Å². The molecule has 8 unspecified atom stereocenters.